The van der Waals surface area contributed by atoms with E-state index in [1.165, 1.54) is 41.1 Å². The summed E-state index contributed by atoms with van der Waals surface area (Å²) in [6.07, 6.45) is 1.39. The van der Waals surface area contributed by atoms with E-state index < -0.39 is 5.69 Å². The lowest BCUT2D eigenvalue weighted by Crippen LogP contribution is -2.37. The Balaban J connectivity index is 2.65. The molecule has 5 heteroatoms. The van der Waals surface area contributed by atoms with E-state index in [0.29, 0.717) is 12.2 Å². The van der Waals surface area contributed by atoms with Crippen molar-refractivity contribution in [2.45, 2.75) is 13.5 Å². The van der Waals surface area contributed by atoms with Crippen molar-refractivity contribution in [2.24, 2.45) is 0 Å². The molecule has 0 unspecified atom stereocenters. The average Bonchev–Trinajstić information content (AvgIpc) is 2.31. The van der Waals surface area contributed by atoms with Crippen LogP contribution in [0.25, 0.3) is 5.69 Å². The first-order valence-electron chi connectivity index (χ1n) is 5.22. The van der Waals surface area contributed by atoms with Crippen LogP contribution in [0.4, 0.5) is 4.39 Å². The zero-order valence-electron chi connectivity index (χ0n) is 9.26. The van der Waals surface area contributed by atoms with Gasteiger partial charge in [-0.15, -0.1) is 0 Å². The predicted octanol–water partition coefficient (Wildman–Crippen LogP) is 1.16. The van der Waals surface area contributed by atoms with E-state index in [9.17, 15) is 14.0 Å². The summed E-state index contributed by atoms with van der Waals surface area (Å²) in [5.41, 5.74) is -0.235. The second-order valence-electron chi connectivity index (χ2n) is 3.53. The Morgan fingerprint density at radius 1 is 1.12 bits per heavy atom. The third kappa shape index (κ3) is 2.04. The van der Waals surface area contributed by atoms with Crippen LogP contribution in [-0.2, 0) is 6.54 Å². The van der Waals surface area contributed by atoms with Crippen LogP contribution in [0.3, 0.4) is 0 Å². The zero-order chi connectivity index (χ0) is 12.4. The first-order valence-corrected chi connectivity index (χ1v) is 5.22. The molecule has 1 aromatic heterocycles. The molecule has 0 fully saturated rings. The van der Waals surface area contributed by atoms with E-state index >= 15 is 0 Å². The minimum absolute atomic E-state index is 0.305. The van der Waals surface area contributed by atoms with Gasteiger partial charge < -0.3 is 0 Å². The number of aromatic nitrogens is 2. The molecular formula is C12H11FN2O2. The van der Waals surface area contributed by atoms with E-state index in [1.807, 2.05) is 0 Å². The Kier molecular flexibility index (Phi) is 2.91. The van der Waals surface area contributed by atoms with Gasteiger partial charge in [0.1, 0.15) is 5.82 Å². The fourth-order valence-corrected chi connectivity index (χ4v) is 1.61. The van der Waals surface area contributed by atoms with Crippen LogP contribution in [0, 0.1) is 5.82 Å². The Labute approximate surface area is 96.6 Å². The van der Waals surface area contributed by atoms with E-state index in [0.717, 1.165) is 4.57 Å². The Morgan fingerprint density at radius 3 is 2.35 bits per heavy atom. The van der Waals surface area contributed by atoms with Crippen LogP contribution >= 0.6 is 0 Å². The summed E-state index contributed by atoms with van der Waals surface area (Å²) in [6.45, 7) is 2.03. The molecule has 0 amide bonds. The molecule has 0 bridgehead atoms. The molecule has 1 heterocycles. The molecule has 88 valence electrons. The molecule has 0 radical (unpaired) electrons. The molecule has 0 aliphatic carbocycles. The number of rotatable bonds is 2. The van der Waals surface area contributed by atoms with Gasteiger partial charge in [-0.25, -0.2) is 9.18 Å². The molecule has 0 atom stereocenters. The summed E-state index contributed by atoms with van der Waals surface area (Å²) < 4.78 is 15.2. The molecule has 0 aliphatic rings. The average molecular weight is 234 g/mol. The molecule has 2 rings (SSSR count). The topological polar surface area (TPSA) is 44.0 Å². The van der Waals surface area contributed by atoms with Gasteiger partial charge >= 0.3 is 5.69 Å². The molecule has 0 saturated heterocycles. The van der Waals surface area contributed by atoms with Crippen LogP contribution < -0.4 is 11.2 Å². The number of hydrogen-bond donors (Lipinski definition) is 0. The highest BCUT2D eigenvalue weighted by Gasteiger charge is 2.04. The maximum Gasteiger partial charge on any atom is 0.335 e. The molecule has 17 heavy (non-hydrogen) atoms. The van der Waals surface area contributed by atoms with E-state index in [4.69, 9.17) is 0 Å². The van der Waals surface area contributed by atoms with Gasteiger partial charge in [-0.3, -0.25) is 13.9 Å². The lowest BCUT2D eigenvalue weighted by atomic mass is 10.3. The highest BCUT2D eigenvalue weighted by molar-refractivity contribution is 5.31. The summed E-state index contributed by atoms with van der Waals surface area (Å²) in [5.74, 6) is -0.370. The van der Waals surface area contributed by atoms with Crippen molar-refractivity contribution in [3.63, 3.8) is 0 Å². The van der Waals surface area contributed by atoms with Crippen molar-refractivity contribution in [3.05, 3.63) is 63.2 Å². The van der Waals surface area contributed by atoms with Gasteiger partial charge in [-0.2, -0.15) is 0 Å². The molecule has 0 aliphatic heterocycles. The maximum atomic E-state index is 12.8. The van der Waals surface area contributed by atoms with Crippen molar-refractivity contribution in [1.82, 2.24) is 9.13 Å². The lowest BCUT2D eigenvalue weighted by molar-refractivity contribution is 0.624. The molecule has 1 aromatic carbocycles. The fraction of sp³-hybridized carbons (Fsp3) is 0.167. The van der Waals surface area contributed by atoms with Gasteiger partial charge in [0.15, 0.2) is 0 Å². The molecule has 0 saturated carbocycles. The summed E-state index contributed by atoms with van der Waals surface area (Å²) in [5, 5.41) is 0. The van der Waals surface area contributed by atoms with E-state index in [2.05, 4.69) is 0 Å². The number of nitrogens with zero attached hydrogens (tertiary/aromatic N) is 2. The molecule has 4 nitrogen and oxygen atoms in total. The Morgan fingerprint density at radius 2 is 1.76 bits per heavy atom. The third-order valence-corrected chi connectivity index (χ3v) is 2.49. The van der Waals surface area contributed by atoms with Crippen LogP contribution in [-0.4, -0.2) is 9.13 Å². The van der Waals surface area contributed by atoms with Crippen LogP contribution in [0.15, 0.2) is 46.1 Å². The minimum atomic E-state index is -0.424. The highest BCUT2D eigenvalue weighted by Crippen LogP contribution is 2.05. The van der Waals surface area contributed by atoms with Gasteiger partial charge in [0.05, 0.1) is 5.69 Å². The standard InChI is InChI=1S/C12H11FN2O2/c1-2-14-11(16)7-8-15(12(14)17)10-5-3-9(13)4-6-10/h3-8H,2H2,1H3. The Bertz CT molecular complexity index is 641. The van der Waals surface area contributed by atoms with Crippen LogP contribution in [0.1, 0.15) is 6.92 Å². The summed E-state index contributed by atoms with van der Waals surface area (Å²) in [7, 11) is 0. The van der Waals surface area contributed by atoms with Crippen molar-refractivity contribution >= 4 is 0 Å². The molecular weight excluding hydrogens is 223 g/mol. The first kappa shape index (κ1) is 11.3. The van der Waals surface area contributed by atoms with Crippen LogP contribution in [0.5, 0.6) is 0 Å². The molecule has 2 aromatic rings. The van der Waals surface area contributed by atoms with Crippen molar-refractivity contribution in [3.8, 4) is 5.69 Å². The van der Waals surface area contributed by atoms with Crippen molar-refractivity contribution < 1.29 is 4.39 Å². The van der Waals surface area contributed by atoms with Crippen molar-refractivity contribution in [1.29, 1.82) is 0 Å². The van der Waals surface area contributed by atoms with Crippen molar-refractivity contribution in [2.75, 3.05) is 0 Å². The van der Waals surface area contributed by atoms with Gasteiger partial charge in [-0.1, -0.05) is 0 Å². The third-order valence-electron chi connectivity index (χ3n) is 2.49. The molecule has 0 N–H and O–H groups in total. The SMILES string of the molecule is CCn1c(=O)ccn(-c2ccc(F)cc2)c1=O. The first-order chi connectivity index (χ1) is 8.13. The van der Waals surface area contributed by atoms with Crippen LogP contribution in [0.2, 0.25) is 0 Å². The fourth-order valence-electron chi connectivity index (χ4n) is 1.61. The Hall–Kier alpha value is -2.17. The number of halogens is 1. The van der Waals surface area contributed by atoms with Gasteiger partial charge in [0.2, 0.25) is 0 Å². The summed E-state index contributed by atoms with van der Waals surface area (Å²) in [4.78, 5) is 23.3. The number of hydrogen-bond acceptors (Lipinski definition) is 2. The minimum Gasteiger partial charge on any atom is -0.269 e. The largest absolute Gasteiger partial charge is 0.335 e. The zero-order valence-corrected chi connectivity index (χ0v) is 9.26. The second-order valence-corrected chi connectivity index (χ2v) is 3.53. The number of benzene rings is 1. The maximum absolute atomic E-state index is 12.8. The quantitative estimate of drug-likeness (QED) is 0.782. The summed E-state index contributed by atoms with van der Waals surface area (Å²) >= 11 is 0. The summed E-state index contributed by atoms with van der Waals surface area (Å²) in [6, 6.07) is 6.82. The normalized spacial score (nSPS) is 10.5. The van der Waals surface area contributed by atoms with Gasteiger partial charge in [0.25, 0.3) is 5.56 Å². The second kappa shape index (κ2) is 4.37. The molecule has 0 spiro atoms. The van der Waals surface area contributed by atoms with Gasteiger partial charge in [0, 0.05) is 18.8 Å². The van der Waals surface area contributed by atoms with Gasteiger partial charge in [-0.05, 0) is 31.2 Å². The monoisotopic (exact) mass is 234 g/mol. The van der Waals surface area contributed by atoms with E-state index in [-0.39, 0.29) is 11.4 Å². The lowest BCUT2D eigenvalue weighted by Gasteiger charge is -2.07. The predicted molar refractivity (Wildman–Crippen MR) is 61.9 cm³/mol. The smallest absolute Gasteiger partial charge is 0.269 e. The highest BCUT2D eigenvalue weighted by atomic mass is 19.1. The van der Waals surface area contributed by atoms with E-state index in [1.54, 1.807) is 6.92 Å².